The molecule has 2 aromatic heterocycles. The Morgan fingerprint density at radius 2 is 2.14 bits per heavy atom. The minimum Gasteiger partial charge on any atom is -0.453 e. The second-order valence-corrected chi connectivity index (χ2v) is 6.15. The van der Waals surface area contributed by atoms with Gasteiger partial charge >= 0.3 is 6.09 Å². The van der Waals surface area contributed by atoms with E-state index in [-0.39, 0.29) is 12.1 Å². The zero-order chi connectivity index (χ0) is 15.7. The van der Waals surface area contributed by atoms with Gasteiger partial charge in [0.25, 0.3) is 0 Å². The van der Waals surface area contributed by atoms with E-state index in [2.05, 4.69) is 36.7 Å². The number of rotatable bonds is 2. The number of hydrogen-bond donors (Lipinski definition) is 0. The van der Waals surface area contributed by atoms with Gasteiger partial charge in [0.05, 0.1) is 12.8 Å². The molecular formula is C17H23N3O2. The molecule has 0 aromatic carbocycles. The van der Waals surface area contributed by atoms with E-state index in [9.17, 15) is 4.79 Å². The lowest BCUT2D eigenvalue weighted by atomic mass is 9.99. The number of nitrogens with zero attached hydrogens (tertiary/aromatic N) is 3. The molecule has 0 radical (unpaired) electrons. The Balaban J connectivity index is 1.83. The lowest BCUT2D eigenvalue weighted by Gasteiger charge is -2.34. The fraction of sp³-hybridized carbons (Fsp3) is 0.529. The lowest BCUT2D eigenvalue weighted by Crippen LogP contribution is -2.44. The number of pyridine rings is 1. The summed E-state index contributed by atoms with van der Waals surface area (Å²) in [5.74, 6) is 0. The van der Waals surface area contributed by atoms with E-state index < -0.39 is 0 Å². The quantitative estimate of drug-likeness (QED) is 0.856. The SMILES string of the molecule is COC(=O)N1CCCC[C@H]1Cc1cn2cc(C)c(C)cc2n1. The highest BCUT2D eigenvalue weighted by molar-refractivity contribution is 5.68. The molecule has 3 heterocycles. The summed E-state index contributed by atoms with van der Waals surface area (Å²) in [5, 5.41) is 0. The predicted octanol–water partition coefficient (Wildman–Crippen LogP) is 3.11. The number of methoxy groups -OCH3 is 1. The van der Waals surface area contributed by atoms with Gasteiger partial charge in [-0.05, 0) is 50.3 Å². The third kappa shape index (κ3) is 2.80. The zero-order valence-corrected chi connectivity index (χ0v) is 13.5. The topological polar surface area (TPSA) is 46.8 Å². The molecule has 0 saturated carbocycles. The van der Waals surface area contributed by atoms with Gasteiger partial charge in [-0.1, -0.05) is 0 Å². The fourth-order valence-electron chi connectivity index (χ4n) is 3.20. The molecule has 1 aliphatic rings. The standard InChI is InChI=1S/C17H23N3O2/c1-12-8-16-18-14(11-19(16)10-13(12)2)9-15-6-4-5-7-20(15)17(21)22-3/h8,10-11,15H,4-7,9H2,1-3H3/t15-/m0/s1. The normalized spacial score (nSPS) is 18.7. The van der Waals surface area contributed by atoms with Gasteiger partial charge in [-0.3, -0.25) is 0 Å². The summed E-state index contributed by atoms with van der Waals surface area (Å²) >= 11 is 0. The molecule has 0 unspecified atom stereocenters. The van der Waals surface area contributed by atoms with E-state index in [1.165, 1.54) is 18.2 Å². The molecule has 0 aliphatic carbocycles. The second-order valence-electron chi connectivity index (χ2n) is 6.15. The minimum atomic E-state index is -0.222. The molecule has 0 N–H and O–H groups in total. The molecule has 0 spiro atoms. The second kappa shape index (κ2) is 5.99. The van der Waals surface area contributed by atoms with Crippen LogP contribution in [-0.2, 0) is 11.2 Å². The van der Waals surface area contributed by atoms with Crippen LogP contribution in [0, 0.1) is 13.8 Å². The number of aromatic nitrogens is 2. The summed E-state index contributed by atoms with van der Waals surface area (Å²) in [6.45, 7) is 4.99. The summed E-state index contributed by atoms with van der Waals surface area (Å²) in [6.07, 6.45) is 7.97. The summed E-state index contributed by atoms with van der Waals surface area (Å²) in [4.78, 5) is 18.5. The Morgan fingerprint density at radius 3 is 2.91 bits per heavy atom. The molecule has 2 aromatic rings. The van der Waals surface area contributed by atoms with E-state index in [0.717, 1.165) is 43.6 Å². The van der Waals surface area contributed by atoms with Gasteiger partial charge in [0, 0.05) is 31.4 Å². The van der Waals surface area contributed by atoms with Crippen molar-refractivity contribution in [1.82, 2.24) is 14.3 Å². The fourth-order valence-corrected chi connectivity index (χ4v) is 3.20. The number of imidazole rings is 1. The lowest BCUT2D eigenvalue weighted by molar-refractivity contribution is 0.0893. The Morgan fingerprint density at radius 1 is 1.32 bits per heavy atom. The number of ether oxygens (including phenoxy) is 1. The molecular weight excluding hydrogens is 278 g/mol. The van der Waals surface area contributed by atoms with Crippen molar-refractivity contribution in [3.8, 4) is 0 Å². The molecule has 22 heavy (non-hydrogen) atoms. The Bertz CT molecular complexity index is 654. The number of amides is 1. The van der Waals surface area contributed by atoms with Gasteiger partial charge in [0.1, 0.15) is 5.65 Å². The molecule has 1 saturated heterocycles. The van der Waals surface area contributed by atoms with Crippen LogP contribution in [0.4, 0.5) is 4.79 Å². The maximum absolute atomic E-state index is 11.9. The molecule has 118 valence electrons. The Labute approximate surface area is 130 Å². The highest BCUT2D eigenvalue weighted by Crippen LogP contribution is 2.22. The van der Waals surface area contributed by atoms with Crippen molar-refractivity contribution in [2.75, 3.05) is 13.7 Å². The molecule has 5 heteroatoms. The Kier molecular flexibility index (Phi) is 4.05. The highest BCUT2D eigenvalue weighted by atomic mass is 16.5. The largest absolute Gasteiger partial charge is 0.453 e. The van der Waals surface area contributed by atoms with Crippen molar-refractivity contribution in [2.45, 2.75) is 45.6 Å². The molecule has 1 atom stereocenters. The van der Waals surface area contributed by atoms with Crippen LogP contribution in [0.2, 0.25) is 0 Å². The number of aryl methyl sites for hydroxylation is 2. The van der Waals surface area contributed by atoms with Gasteiger partial charge in [0.2, 0.25) is 0 Å². The van der Waals surface area contributed by atoms with Gasteiger partial charge < -0.3 is 14.0 Å². The average Bonchev–Trinajstić information content (AvgIpc) is 2.88. The zero-order valence-electron chi connectivity index (χ0n) is 13.5. The van der Waals surface area contributed by atoms with Crippen LogP contribution < -0.4 is 0 Å². The number of carbonyl (C=O) groups is 1. The van der Waals surface area contributed by atoms with Crippen LogP contribution in [0.1, 0.15) is 36.1 Å². The summed E-state index contributed by atoms with van der Waals surface area (Å²) in [5.41, 5.74) is 4.51. The van der Waals surface area contributed by atoms with Crippen molar-refractivity contribution >= 4 is 11.7 Å². The minimum absolute atomic E-state index is 0.188. The maximum atomic E-state index is 11.9. The number of piperidine rings is 1. The summed E-state index contributed by atoms with van der Waals surface area (Å²) < 4.78 is 6.98. The molecule has 5 nitrogen and oxygen atoms in total. The van der Waals surface area contributed by atoms with Crippen molar-refractivity contribution in [3.05, 3.63) is 35.3 Å². The van der Waals surface area contributed by atoms with Crippen molar-refractivity contribution < 1.29 is 9.53 Å². The van der Waals surface area contributed by atoms with E-state index >= 15 is 0 Å². The number of likely N-dealkylation sites (tertiary alicyclic amines) is 1. The van der Waals surface area contributed by atoms with Gasteiger partial charge in [0.15, 0.2) is 0 Å². The average molecular weight is 301 g/mol. The molecule has 1 fully saturated rings. The monoisotopic (exact) mass is 301 g/mol. The van der Waals surface area contributed by atoms with Gasteiger partial charge in [-0.25, -0.2) is 9.78 Å². The van der Waals surface area contributed by atoms with E-state index in [0.29, 0.717) is 0 Å². The maximum Gasteiger partial charge on any atom is 0.409 e. The van der Waals surface area contributed by atoms with Crippen molar-refractivity contribution in [1.29, 1.82) is 0 Å². The highest BCUT2D eigenvalue weighted by Gasteiger charge is 2.28. The van der Waals surface area contributed by atoms with Gasteiger partial charge in [-0.2, -0.15) is 0 Å². The van der Waals surface area contributed by atoms with Crippen LogP contribution in [0.5, 0.6) is 0 Å². The smallest absolute Gasteiger partial charge is 0.409 e. The number of fused-ring (bicyclic) bond motifs is 1. The molecule has 1 aliphatic heterocycles. The summed E-state index contributed by atoms with van der Waals surface area (Å²) in [7, 11) is 1.45. The van der Waals surface area contributed by atoms with Crippen molar-refractivity contribution in [3.63, 3.8) is 0 Å². The molecule has 3 rings (SSSR count). The molecule has 0 bridgehead atoms. The first kappa shape index (κ1) is 14.9. The van der Waals surface area contributed by atoms with E-state index in [1.54, 1.807) is 0 Å². The van der Waals surface area contributed by atoms with Crippen LogP contribution >= 0.6 is 0 Å². The first-order chi connectivity index (χ1) is 10.6. The van der Waals surface area contributed by atoms with E-state index in [1.807, 2.05) is 4.90 Å². The van der Waals surface area contributed by atoms with Crippen LogP contribution in [-0.4, -0.2) is 40.1 Å². The first-order valence-electron chi connectivity index (χ1n) is 7.88. The predicted molar refractivity (Wildman–Crippen MR) is 85.1 cm³/mol. The first-order valence-corrected chi connectivity index (χ1v) is 7.88. The van der Waals surface area contributed by atoms with Crippen molar-refractivity contribution in [2.24, 2.45) is 0 Å². The molecule has 1 amide bonds. The van der Waals surface area contributed by atoms with Crippen LogP contribution in [0.3, 0.4) is 0 Å². The summed E-state index contributed by atoms with van der Waals surface area (Å²) in [6, 6.07) is 2.30. The Hall–Kier alpha value is -2.04. The third-order valence-electron chi connectivity index (χ3n) is 4.59. The van der Waals surface area contributed by atoms with Crippen LogP contribution in [0.15, 0.2) is 18.5 Å². The van der Waals surface area contributed by atoms with E-state index in [4.69, 9.17) is 9.72 Å². The number of hydrogen-bond acceptors (Lipinski definition) is 3. The van der Waals surface area contributed by atoms with Crippen LogP contribution in [0.25, 0.3) is 5.65 Å². The number of carbonyl (C=O) groups excluding carboxylic acids is 1. The van der Waals surface area contributed by atoms with Gasteiger partial charge in [-0.15, -0.1) is 0 Å². The third-order valence-corrected chi connectivity index (χ3v) is 4.59.